The summed E-state index contributed by atoms with van der Waals surface area (Å²) in [6.45, 7) is 2.22. The highest BCUT2D eigenvalue weighted by atomic mass is 32.2. The highest BCUT2D eigenvalue weighted by Crippen LogP contribution is 2.33. The van der Waals surface area contributed by atoms with Crippen LogP contribution in [-0.4, -0.2) is 6.56 Å². The van der Waals surface area contributed by atoms with E-state index in [2.05, 4.69) is 55.1 Å². The van der Waals surface area contributed by atoms with Crippen LogP contribution < -0.4 is 5.46 Å². The normalized spacial score (nSPS) is 12.6. The number of benzene rings is 2. The molecule has 2 heteroatoms. The quantitative estimate of drug-likeness (QED) is 0.582. The molecule has 0 aliphatic carbocycles. The minimum atomic E-state index is 1.33. The van der Waals surface area contributed by atoms with Crippen molar-refractivity contribution in [3.63, 3.8) is 0 Å². The summed E-state index contributed by atoms with van der Waals surface area (Å²) < 4.78 is 0. The van der Waals surface area contributed by atoms with Crippen LogP contribution in [0.2, 0.25) is 0 Å². The zero-order valence-corrected chi connectivity index (χ0v) is 8.42. The van der Waals surface area contributed by atoms with E-state index in [4.69, 9.17) is 0 Å². The minimum absolute atomic E-state index is 1.33. The molecule has 14 heavy (non-hydrogen) atoms. The van der Waals surface area contributed by atoms with Gasteiger partial charge in [-0.15, -0.1) is 0 Å². The molecule has 3 rings (SSSR count). The van der Waals surface area contributed by atoms with Gasteiger partial charge in [-0.25, -0.2) is 0 Å². The molecule has 0 nitrogen and oxygen atoms in total. The lowest BCUT2D eigenvalue weighted by Gasteiger charge is -2.17. The van der Waals surface area contributed by atoms with E-state index in [9.17, 15) is 0 Å². The minimum Gasteiger partial charge on any atom is -0.177 e. The lowest BCUT2D eigenvalue weighted by atomic mass is 9.85. The first-order valence-electron chi connectivity index (χ1n) is 4.63. The van der Waals surface area contributed by atoms with Crippen molar-refractivity contribution in [3.05, 3.63) is 48.5 Å². The van der Waals surface area contributed by atoms with Crippen molar-refractivity contribution in [3.8, 4) is 11.1 Å². The Balaban J connectivity index is 2.29. The molecule has 0 amide bonds. The Morgan fingerprint density at radius 1 is 0.786 bits per heavy atom. The van der Waals surface area contributed by atoms with Crippen LogP contribution in [0.5, 0.6) is 0 Å². The Kier molecular flexibility index (Phi) is 1.88. The van der Waals surface area contributed by atoms with Gasteiger partial charge in [0.2, 0.25) is 6.56 Å². The van der Waals surface area contributed by atoms with Crippen LogP contribution >= 0.6 is 11.6 Å². The number of rotatable bonds is 0. The van der Waals surface area contributed by atoms with Gasteiger partial charge < -0.3 is 0 Å². The Hall–Kier alpha value is -1.15. The summed E-state index contributed by atoms with van der Waals surface area (Å²) in [7, 11) is 0. The summed E-state index contributed by atoms with van der Waals surface area (Å²) in [5, 5.41) is 0. The van der Waals surface area contributed by atoms with E-state index in [0.717, 1.165) is 0 Å². The van der Waals surface area contributed by atoms with Gasteiger partial charge in [0, 0.05) is 4.90 Å². The van der Waals surface area contributed by atoms with Crippen molar-refractivity contribution in [1.82, 2.24) is 0 Å². The zero-order valence-electron chi connectivity index (χ0n) is 7.60. The van der Waals surface area contributed by atoms with Crippen molar-refractivity contribution >= 4 is 23.6 Å². The zero-order chi connectivity index (χ0) is 9.38. The molecule has 0 aromatic heterocycles. The largest absolute Gasteiger partial charge is 0.237 e. The second-order valence-electron chi connectivity index (χ2n) is 3.32. The molecule has 0 spiro atoms. The predicted octanol–water partition coefficient (Wildman–Crippen LogP) is 2.70. The first kappa shape index (κ1) is 8.19. The summed E-state index contributed by atoms with van der Waals surface area (Å²) in [5.74, 6) is 0. The van der Waals surface area contributed by atoms with Gasteiger partial charge in [0.25, 0.3) is 0 Å². The standard InChI is InChI=1S/C12H8BS/c1-3-7-11-9(5-1)10-6-2-4-8-12(10)14-13-11/h1-8H. The third-order valence-corrected chi connectivity index (χ3v) is 3.43. The van der Waals surface area contributed by atoms with E-state index in [1.807, 2.05) is 0 Å². The second-order valence-corrected chi connectivity index (χ2v) is 4.23. The van der Waals surface area contributed by atoms with E-state index in [1.165, 1.54) is 21.5 Å². The third kappa shape index (κ3) is 1.18. The van der Waals surface area contributed by atoms with Gasteiger partial charge in [-0.2, -0.15) is 11.6 Å². The van der Waals surface area contributed by atoms with Crippen LogP contribution in [-0.2, 0) is 0 Å². The molecule has 0 saturated carbocycles. The Morgan fingerprint density at radius 3 is 2.43 bits per heavy atom. The molecule has 1 heterocycles. The molecular formula is C12H8BS. The van der Waals surface area contributed by atoms with Crippen molar-refractivity contribution in [1.29, 1.82) is 0 Å². The molecule has 1 aliphatic heterocycles. The molecule has 2 aromatic carbocycles. The second kappa shape index (κ2) is 3.21. The summed E-state index contributed by atoms with van der Waals surface area (Å²) in [6.07, 6.45) is 0. The van der Waals surface area contributed by atoms with Crippen LogP contribution in [0.15, 0.2) is 53.4 Å². The Labute approximate surface area is 88.5 Å². The maximum Gasteiger partial charge on any atom is 0.237 e. The summed E-state index contributed by atoms with van der Waals surface area (Å²) in [5.41, 5.74) is 4.04. The topological polar surface area (TPSA) is 0 Å². The molecule has 0 N–H and O–H groups in total. The van der Waals surface area contributed by atoms with E-state index < -0.39 is 0 Å². The molecule has 65 valence electrons. The average Bonchev–Trinajstić information content (AvgIpc) is 2.29. The van der Waals surface area contributed by atoms with Crippen molar-refractivity contribution in [2.24, 2.45) is 0 Å². The average molecular weight is 195 g/mol. The number of hydrogen-bond acceptors (Lipinski definition) is 1. The maximum absolute atomic E-state index is 2.22. The molecule has 0 bridgehead atoms. The molecule has 0 fully saturated rings. The van der Waals surface area contributed by atoms with Gasteiger partial charge >= 0.3 is 0 Å². The molecule has 0 atom stereocenters. The van der Waals surface area contributed by atoms with Crippen molar-refractivity contribution < 1.29 is 0 Å². The fraction of sp³-hybridized carbons (Fsp3) is 0. The highest BCUT2D eigenvalue weighted by molar-refractivity contribution is 8.23. The van der Waals surface area contributed by atoms with Gasteiger partial charge in [0.15, 0.2) is 0 Å². The van der Waals surface area contributed by atoms with Crippen LogP contribution in [0.3, 0.4) is 0 Å². The molecule has 1 aliphatic rings. The van der Waals surface area contributed by atoms with Crippen LogP contribution in [0.25, 0.3) is 11.1 Å². The maximum atomic E-state index is 2.22. The van der Waals surface area contributed by atoms with E-state index in [1.54, 1.807) is 11.6 Å². The lowest BCUT2D eigenvalue weighted by molar-refractivity contribution is 1.46. The Morgan fingerprint density at radius 2 is 1.50 bits per heavy atom. The first-order chi connectivity index (χ1) is 6.95. The molecular weight excluding hydrogens is 187 g/mol. The van der Waals surface area contributed by atoms with Crippen molar-refractivity contribution in [2.45, 2.75) is 4.90 Å². The number of fused-ring (bicyclic) bond motifs is 3. The van der Waals surface area contributed by atoms with Gasteiger partial charge in [-0.05, 0) is 17.2 Å². The van der Waals surface area contributed by atoms with Gasteiger partial charge in [0.05, 0.1) is 0 Å². The van der Waals surface area contributed by atoms with Crippen molar-refractivity contribution in [2.75, 3.05) is 0 Å². The van der Waals surface area contributed by atoms with Crippen LogP contribution in [0.4, 0.5) is 0 Å². The predicted molar refractivity (Wildman–Crippen MR) is 63.1 cm³/mol. The molecule has 2 aromatic rings. The fourth-order valence-corrected chi connectivity index (χ4v) is 2.69. The summed E-state index contributed by atoms with van der Waals surface area (Å²) in [6, 6.07) is 17.1. The highest BCUT2D eigenvalue weighted by Gasteiger charge is 2.15. The summed E-state index contributed by atoms with van der Waals surface area (Å²) in [4.78, 5) is 1.35. The van der Waals surface area contributed by atoms with E-state index >= 15 is 0 Å². The summed E-state index contributed by atoms with van der Waals surface area (Å²) >= 11 is 1.81. The smallest absolute Gasteiger partial charge is 0.177 e. The van der Waals surface area contributed by atoms with Gasteiger partial charge in [-0.3, -0.25) is 0 Å². The SMILES string of the molecule is [B]1Sc2ccccc2-c2ccccc21. The monoisotopic (exact) mass is 195 g/mol. The number of hydrogen-bond donors (Lipinski definition) is 0. The lowest BCUT2D eigenvalue weighted by Crippen LogP contribution is -2.17. The van der Waals surface area contributed by atoms with Crippen LogP contribution in [0.1, 0.15) is 0 Å². The third-order valence-electron chi connectivity index (χ3n) is 2.45. The van der Waals surface area contributed by atoms with E-state index in [-0.39, 0.29) is 0 Å². The first-order valence-corrected chi connectivity index (χ1v) is 5.51. The Bertz CT molecular complexity index is 434. The molecule has 0 unspecified atom stereocenters. The molecule has 1 radical (unpaired) electrons. The van der Waals surface area contributed by atoms with Crippen LogP contribution in [0, 0.1) is 0 Å². The fourth-order valence-electron chi connectivity index (χ4n) is 1.76. The molecule has 0 saturated heterocycles. The van der Waals surface area contributed by atoms with Gasteiger partial charge in [-0.1, -0.05) is 47.9 Å². The van der Waals surface area contributed by atoms with E-state index in [0.29, 0.717) is 0 Å². The van der Waals surface area contributed by atoms with Gasteiger partial charge in [0.1, 0.15) is 0 Å².